The SMILES string of the molecule is Cc1nc([C@@H](C)Cc2ccc(O)cc2)no1. The van der Waals surface area contributed by atoms with Gasteiger partial charge >= 0.3 is 0 Å². The molecule has 2 rings (SSSR count). The van der Waals surface area contributed by atoms with Gasteiger partial charge in [-0.1, -0.05) is 24.2 Å². The molecule has 0 radical (unpaired) electrons. The summed E-state index contributed by atoms with van der Waals surface area (Å²) in [6.07, 6.45) is 0.833. The molecule has 0 aliphatic heterocycles. The summed E-state index contributed by atoms with van der Waals surface area (Å²) in [6.45, 7) is 3.83. The molecule has 1 N–H and O–H groups in total. The molecule has 1 aromatic heterocycles. The number of hydrogen-bond acceptors (Lipinski definition) is 4. The Morgan fingerprint density at radius 1 is 1.31 bits per heavy atom. The number of phenols is 1. The summed E-state index contributed by atoms with van der Waals surface area (Å²) in [5.74, 6) is 1.81. The number of benzene rings is 1. The van der Waals surface area contributed by atoms with E-state index >= 15 is 0 Å². The second-order valence-electron chi connectivity index (χ2n) is 3.94. The van der Waals surface area contributed by atoms with Gasteiger partial charge in [0.05, 0.1) is 0 Å². The van der Waals surface area contributed by atoms with Crippen LogP contribution in [0.4, 0.5) is 0 Å². The van der Waals surface area contributed by atoms with E-state index in [9.17, 15) is 5.11 Å². The van der Waals surface area contributed by atoms with Gasteiger partial charge in [0.25, 0.3) is 0 Å². The van der Waals surface area contributed by atoms with Gasteiger partial charge < -0.3 is 9.63 Å². The van der Waals surface area contributed by atoms with Crippen molar-refractivity contribution in [1.82, 2.24) is 10.1 Å². The molecule has 16 heavy (non-hydrogen) atoms. The second kappa shape index (κ2) is 4.35. The van der Waals surface area contributed by atoms with E-state index < -0.39 is 0 Å². The molecule has 0 saturated carbocycles. The largest absolute Gasteiger partial charge is 0.508 e. The Balaban J connectivity index is 2.07. The lowest BCUT2D eigenvalue weighted by Crippen LogP contribution is -2.00. The van der Waals surface area contributed by atoms with Gasteiger partial charge in [-0.15, -0.1) is 0 Å². The summed E-state index contributed by atoms with van der Waals surface area (Å²) in [6, 6.07) is 7.17. The zero-order valence-electron chi connectivity index (χ0n) is 9.34. The van der Waals surface area contributed by atoms with Crippen LogP contribution in [0.15, 0.2) is 28.8 Å². The van der Waals surface area contributed by atoms with E-state index in [0.717, 1.165) is 17.8 Å². The predicted molar refractivity (Wildman–Crippen MR) is 59.3 cm³/mol. The number of aromatic hydroxyl groups is 1. The first-order valence-electron chi connectivity index (χ1n) is 5.23. The lowest BCUT2D eigenvalue weighted by Gasteiger charge is -2.06. The smallest absolute Gasteiger partial charge is 0.223 e. The van der Waals surface area contributed by atoms with Gasteiger partial charge in [-0.2, -0.15) is 4.98 Å². The van der Waals surface area contributed by atoms with Crippen molar-refractivity contribution in [2.45, 2.75) is 26.2 Å². The normalized spacial score (nSPS) is 12.6. The Bertz CT molecular complexity index is 462. The van der Waals surface area contributed by atoms with Gasteiger partial charge in [-0.3, -0.25) is 0 Å². The van der Waals surface area contributed by atoms with Gasteiger partial charge in [0.15, 0.2) is 5.82 Å². The number of nitrogens with zero attached hydrogens (tertiary/aromatic N) is 2. The molecule has 1 atom stereocenters. The monoisotopic (exact) mass is 218 g/mol. The standard InChI is InChI=1S/C12H14N2O2/c1-8(12-13-9(2)16-14-12)7-10-3-5-11(15)6-4-10/h3-6,8,15H,7H2,1-2H3/t8-/m0/s1. The summed E-state index contributed by atoms with van der Waals surface area (Å²) in [4.78, 5) is 4.20. The molecule has 0 fully saturated rings. The van der Waals surface area contributed by atoms with Gasteiger partial charge in [0.2, 0.25) is 5.89 Å². The maximum absolute atomic E-state index is 9.17. The van der Waals surface area contributed by atoms with Crippen molar-refractivity contribution in [3.05, 3.63) is 41.5 Å². The molecule has 0 amide bonds. The molecule has 0 unspecified atom stereocenters. The van der Waals surface area contributed by atoms with Crippen LogP contribution in [0.2, 0.25) is 0 Å². The average molecular weight is 218 g/mol. The summed E-state index contributed by atoms with van der Waals surface area (Å²) < 4.78 is 4.94. The first-order valence-corrected chi connectivity index (χ1v) is 5.23. The van der Waals surface area contributed by atoms with Crippen molar-refractivity contribution in [2.24, 2.45) is 0 Å². The van der Waals surface area contributed by atoms with Crippen molar-refractivity contribution in [3.63, 3.8) is 0 Å². The number of aromatic nitrogens is 2. The van der Waals surface area contributed by atoms with Crippen molar-refractivity contribution in [2.75, 3.05) is 0 Å². The molecule has 0 aliphatic carbocycles. The topological polar surface area (TPSA) is 59.2 Å². The van der Waals surface area contributed by atoms with E-state index in [0.29, 0.717) is 5.89 Å². The maximum Gasteiger partial charge on any atom is 0.223 e. The second-order valence-corrected chi connectivity index (χ2v) is 3.94. The first-order chi connectivity index (χ1) is 7.65. The van der Waals surface area contributed by atoms with Crippen molar-refractivity contribution >= 4 is 0 Å². The average Bonchev–Trinajstić information content (AvgIpc) is 2.68. The molecule has 0 spiro atoms. The van der Waals surface area contributed by atoms with Crippen molar-refractivity contribution in [3.8, 4) is 5.75 Å². The minimum absolute atomic E-state index is 0.210. The van der Waals surface area contributed by atoms with Gasteiger partial charge in [-0.05, 0) is 24.1 Å². The first kappa shape index (κ1) is 10.7. The summed E-state index contributed by atoms with van der Waals surface area (Å²) >= 11 is 0. The number of aryl methyl sites for hydroxylation is 1. The molecule has 0 aliphatic rings. The molecule has 0 saturated heterocycles. The quantitative estimate of drug-likeness (QED) is 0.859. The third kappa shape index (κ3) is 2.39. The van der Waals surface area contributed by atoms with E-state index in [-0.39, 0.29) is 11.7 Å². The third-order valence-electron chi connectivity index (χ3n) is 2.46. The minimum Gasteiger partial charge on any atom is -0.508 e. The van der Waals surface area contributed by atoms with Crippen LogP contribution < -0.4 is 0 Å². The molecular weight excluding hydrogens is 204 g/mol. The summed E-state index contributed by atoms with van der Waals surface area (Å²) in [5, 5.41) is 13.1. The van der Waals surface area contributed by atoms with E-state index in [4.69, 9.17) is 4.52 Å². The Morgan fingerprint density at radius 2 is 2.00 bits per heavy atom. The zero-order chi connectivity index (χ0) is 11.5. The predicted octanol–water partition coefficient (Wildman–Crippen LogP) is 2.43. The van der Waals surface area contributed by atoms with Crippen LogP contribution in [0.25, 0.3) is 0 Å². The lowest BCUT2D eigenvalue weighted by molar-refractivity contribution is 0.384. The lowest BCUT2D eigenvalue weighted by atomic mass is 10.0. The fourth-order valence-electron chi connectivity index (χ4n) is 1.59. The number of hydrogen-bond donors (Lipinski definition) is 1. The molecule has 0 bridgehead atoms. The van der Waals surface area contributed by atoms with E-state index in [1.54, 1.807) is 19.1 Å². The minimum atomic E-state index is 0.210. The highest BCUT2D eigenvalue weighted by Crippen LogP contribution is 2.19. The highest BCUT2D eigenvalue weighted by molar-refractivity contribution is 5.26. The number of rotatable bonds is 3. The van der Waals surface area contributed by atoms with Crippen molar-refractivity contribution in [1.29, 1.82) is 0 Å². The molecule has 84 valence electrons. The summed E-state index contributed by atoms with van der Waals surface area (Å²) in [5.41, 5.74) is 1.15. The molecule has 2 aromatic rings. The van der Waals surface area contributed by atoms with Gasteiger partial charge in [0.1, 0.15) is 5.75 Å². The van der Waals surface area contributed by atoms with Crippen LogP contribution in [-0.4, -0.2) is 15.2 Å². The van der Waals surface area contributed by atoms with E-state index in [2.05, 4.69) is 17.1 Å². The Hall–Kier alpha value is -1.84. The fraction of sp³-hybridized carbons (Fsp3) is 0.333. The van der Waals surface area contributed by atoms with Gasteiger partial charge in [-0.25, -0.2) is 0 Å². The molecule has 4 heteroatoms. The highest BCUT2D eigenvalue weighted by atomic mass is 16.5. The third-order valence-corrected chi connectivity index (χ3v) is 2.46. The van der Waals surface area contributed by atoms with Crippen LogP contribution in [0, 0.1) is 6.92 Å². The Labute approximate surface area is 93.9 Å². The van der Waals surface area contributed by atoms with Crippen LogP contribution in [0.5, 0.6) is 5.75 Å². The van der Waals surface area contributed by atoms with Crippen LogP contribution in [0.1, 0.15) is 30.1 Å². The zero-order valence-corrected chi connectivity index (χ0v) is 9.34. The number of phenolic OH excluding ortho intramolecular Hbond substituents is 1. The van der Waals surface area contributed by atoms with Crippen LogP contribution in [0.3, 0.4) is 0 Å². The Kier molecular flexibility index (Phi) is 2.90. The maximum atomic E-state index is 9.17. The molecular formula is C12H14N2O2. The molecule has 1 aromatic carbocycles. The van der Waals surface area contributed by atoms with Crippen LogP contribution in [-0.2, 0) is 6.42 Å². The molecule has 1 heterocycles. The Morgan fingerprint density at radius 3 is 2.56 bits per heavy atom. The molecule has 4 nitrogen and oxygen atoms in total. The van der Waals surface area contributed by atoms with Crippen LogP contribution >= 0.6 is 0 Å². The highest BCUT2D eigenvalue weighted by Gasteiger charge is 2.12. The van der Waals surface area contributed by atoms with E-state index in [1.807, 2.05) is 12.1 Å². The van der Waals surface area contributed by atoms with Crippen molar-refractivity contribution < 1.29 is 9.63 Å². The van der Waals surface area contributed by atoms with Gasteiger partial charge in [0, 0.05) is 12.8 Å². The van der Waals surface area contributed by atoms with E-state index in [1.165, 1.54) is 0 Å². The fourth-order valence-corrected chi connectivity index (χ4v) is 1.59. The summed E-state index contributed by atoms with van der Waals surface area (Å²) in [7, 11) is 0.